The molecule has 0 amide bonds. The van der Waals surface area contributed by atoms with Gasteiger partial charge in [0.05, 0.1) is 11.0 Å². The van der Waals surface area contributed by atoms with Gasteiger partial charge in [-0.05, 0) is 42.9 Å². The van der Waals surface area contributed by atoms with Gasteiger partial charge in [0.2, 0.25) is 0 Å². The van der Waals surface area contributed by atoms with Crippen molar-refractivity contribution >= 4 is 39.5 Å². The molecule has 1 saturated heterocycles. The zero-order valence-corrected chi connectivity index (χ0v) is 17.9. The van der Waals surface area contributed by atoms with Crippen molar-refractivity contribution in [2.45, 2.75) is 44.1 Å². The molecular formula is C24H27N3O2S. The zero-order valence-electron chi connectivity index (χ0n) is 17.1. The van der Waals surface area contributed by atoms with E-state index < -0.39 is 5.60 Å². The molecule has 0 radical (unpaired) electrons. The standard InChI is InChI=1S/C24H27N3O2S/c28-24(12-14-29-15-13-24)16-25-22-21-18-8-4-5-9-19(18)30-23(21)27-20(26-22)11-10-17-6-2-1-3-7-17/h1-3,6-7,10-11,28H,4-5,8-9,12-16H2,(H,25,26,27). The van der Waals surface area contributed by atoms with Crippen molar-refractivity contribution < 1.29 is 9.84 Å². The third kappa shape index (κ3) is 4.13. The first-order valence-electron chi connectivity index (χ1n) is 10.8. The number of ether oxygens (including phenoxy) is 1. The molecule has 30 heavy (non-hydrogen) atoms. The summed E-state index contributed by atoms with van der Waals surface area (Å²) in [6.07, 6.45) is 10.0. The molecule has 0 atom stereocenters. The van der Waals surface area contributed by atoms with Crippen LogP contribution in [0.1, 0.15) is 47.5 Å². The Kier molecular flexibility index (Phi) is 5.54. The second kappa shape index (κ2) is 8.46. The molecule has 1 aliphatic carbocycles. The van der Waals surface area contributed by atoms with E-state index in [0.717, 1.165) is 34.4 Å². The van der Waals surface area contributed by atoms with Crippen LogP contribution in [0.4, 0.5) is 5.82 Å². The fourth-order valence-corrected chi connectivity index (χ4v) is 5.56. The summed E-state index contributed by atoms with van der Waals surface area (Å²) in [5.74, 6) is 1.55. The fraction of sp³-hybridized carbons (Fsp3) is 0.417. The summed E-state index contributed by atoms with van der Waals surface area (Å²) in [5, 5.41) is 15.6. The highest BCUT2D eigenvalue weighted by Gasteiger charge is 2.30. The molecule has 1 fully saturated rings. The minimum Gasteiger partial charge on any atom is -0.388 e. The topological polar surface area (TPSA) is 67.3 Å². The molecule has 3 aromatic rings. The second-order valence-electron chi connectivity index (χ2n) is 8.26. The number of hydrogen-bond donors (Lipinski definition) is 2. The van der Waals surface area contributed by atoms with E-state index in [4.69, 9.17) is 14.7 Å². The van der Waals surface area contributed by atoms with E-state index >= 15 is 0 Å². The number of rotatable bonds is 5. The Balaban J connectivity index is 1.50. The maximum Gasteiger partial charge on any atom is 0.155 e. The van der Waals surface area contributed by atoms with Gasteiger partial charge in [-0.15, -0.1) is 11.3 Å². The van der Waals surface area contributed by atoms with Gasteiger partial charge in [-0.1, -0.05) is 36.4 Å². The van der Waals surface area contributed by atoms with Gasteiger partial charge in [0.1, 0.15) is 10.6 Å². The fourth-order valence-electron chi connectivity index (χ4n) is 4.29. The van der Waals surface area contributed by atoms with Gasteiger partial charge >= 0.3 is 0 Å². The number of thiophene rings is 1. The Morgan fingerprint density at radius 2 is 1.87 bits per heavy atom. The highest BCUT2D eigenvalue weighted by molar-refractivity contribution is 7.19. The predicted octanol–water partition coefficient (Wildman–Crippen LogP) is 4.69. The van der Waals surface area contributed by atoms with Crippen LogP contribution >= 0.6 is 11.3 Å². The van der Waals surface area contributed by atoms with E-state index in [1.807, 2.05) is 30.4 Å². The lowest BCUT2D eigenvalue weighted by atomic mass is 9.94. The molecular weight excluding hydrogens is 394 g/mol. The number of aryl methyl sites for hydroxylation is 2. The first-order valence-corrected chi connectivity index (χ1v) is 11.6. The number of fused-ring (bicyclic) bond motifs is 3. The Morgan fingerprint density at radius 1 is 1.07 bits per heavy atom. The van der Waals surface area contributed by atoms with Crippen LogP contribution < -0.4 is 5.32 Å². The van der Waals surface area contributed by atoms with E-state index in [1.54, 1.807) is 11.3 Å². The van der Waals surface area contributed by atoms with Crippen molar-refractivity contribution in [1.82, 2.24) is 9.97 Å². The molecule has 0 unspecified atom stereocenters. The van der Waals surface area contributed by atoms with Gasteiger partial charge < -0.3 is 15.2 Å². The van der Waals surface area contributed by atoms with Crippen LogP contribution in [0.25, 0.3) is 22.4 Å². The highest BCUT2D eigenvalue weighted by atomic mass is 32.1. The number of benzene rings is 1. The molecule has 0 bridgehead atoms. The molecule has 3 heterocycles. The zero-order chi connectivity index (χ0) is 20.4. The van der Waals surface area contributed by atoms with Crippen molar-refractivity contribution in [2.24, 2.45) is 0 Å². The largest absolute Gasteiger partial charge is 0.388 e. The third-order valence-corrected chi connectivity index (χ3v) is 7.25. The number of anilines is 1. The van der Waals surface area contributed by atoms with Crippen LogP contribution in [0.3, 0.4) is 0 Å². The van der Waals surface area contributed by atoms with E-state index in [9.17, 15) is 5.11 Å². The molecule has 2 aliphatic rings. The van der Waals surface area contributed by atoms with E-state index in [1.165, 1.54) is 23.3 Å². The summed E-state index contributed by atoms with van der Waals surface area (Å²) < 4.78 is 5.42. The van der Waals surface area contributed by atoms with E-state index in [0.29, 0.717) is 38.4 Å². The molecule has 156 valence electrons. The number of hydrogen-bond acceptors (Lipinski definition) is 6. The van der Waals surface area contributed by atoms with Gasteiger partial charge in [0.25, 0.3) is 0 Å². The molecule has 5 rings (SSSR count). The molecule has 1 aromatic carbocycles. The molecule has 0 spiro atoms. The van der Waals surface area contributed by atoms with Crippen molar-refractivity contribution in [3.05, 3.63) is 52.2 Å². The predicted molar refractivity (Wildman–Crippen MR) is 123 cm³/mol. The van der Waals surface area contributed by atoms with Crippen LogP contribution in [0, 0.1) is 0 Å². The van der Waals surface area contributed by atoms with Gasteiger partial charge in [0, 0.05) is 37.5 Å². The van der Waals surface area contributed by atoms with Gasteiger partial charge in [-0.25, -0.2) is 9.97 Å². The monoisotopic (exact) mass is 421 g/mol. The average Bonchev–Trinajstić information content (AvgIpc) is 3.16. The quantitative estimate of drug-likeness (QED) is 0.625. The maximum atomic E-state index is 10.9. The molecule has 2 aromatic heterocycles. The summed E-state index contributed by atoms with van der Waals surface area (Å²) in [6, 6.07) is 10.2. The Hall–Kier alpha value is -2.28. The smallest absolute Gasteiger partial charge is 0.155 e. The minimum absolute atomic E-state index is 0.481. The third-order valence-electron chi connectivity index (χ3n) is 6.06. The first kappa shape index (κ1) is 19.7. The molecule has 2 N–H and O–H groups in total. The molecule has 6 heteroatoms. The summed E-state index contributed by atoms with van der Waals surface area (Å²) in [6.45, 7) is 1.70. The average molecular weight is 422 g/mol. The molecule has 5 nitrogen and oxygen atoms in total. The van der Waals surface area contributed by atoms with Gasteiger partial charge in [0.15, 0.2) is 5.82 Å². The van der Waals surface area contributed by atoms with Gasteiger partial charge in [-0.2, -0.15) is 0 Å². The lowest BCUT2D eigenvalue weighted by Gasteiger charge is -2.32. The number of nitrogens with one attached hydrogen (secondary N) is 1. The number of aliphatic hydroxyl groups is 1. The van der Waals surface area contributed by atoms with Crippen molar-refractivity contribution in [3.8, 4) is 0 Å². The Morgan fingerprint density at radius 3 is 2.70 bits per heavy atom. The second-order valence-corrected chi connectivity index (χ2v) is 9.34. The van der Waals surface area contributed by atoms with Crippen LogP contribution in [0.15, 0.2) is 30.3 Å². The van der Waals surface area contributed by atoms with E-state index in [-0.39, 0.29) is 0 Å². The van der Waals surface area contributed by atoms with E-state index in [2.05, 4.69) is 17.4 Å². The van der Waals surface area contributed by atoms with Crippen LogP contribution in [-0.4, -0.2) is 40.4 Å². The van der Waals surface area contributed by atoms with Gasteiger partial charge in [-0.3, -0.25) is 0 Å². The van der Waals surface area contributed by atoms with Crippen LogP contribution in [0.2, 0.25) is 0 Å². The summed E-state index contributed by atoms with van der Waals surface area (Å²) in [5.41, 5.74) is 1.78. The summed E-state index contributed by atoms with van der Waals surface area (Å²) in [7, 11) is 0. The molecule has 1 aliphatic heterocycles. The van der Waals surface area contributed by atoms with Crippen molar-refractivity contribution in [2.75, 3.05) is 25.1 Å². The normalized spacial score (nSPS) is 18.6. The SMILES string of the molecule is OC1(CNc2nc(C=Cc3ccccc3)nc3sc4c(c23)CCCC4)CCOCC1. The minimum atomic E-state index is -0.744. The number of nitrogens with zero attached hydrogens (tertiary/aromatic N) is 2. The lowest BCUT2D eigenvalue weighted by molar-refractivity contribution is -0.0543. The van der Waals surface area contributed by atoms with Crippen LogP contribution in [0.5, 0.6) is 0 Å². The van der Waals surface area contributed by atoms with Crippen molar-refractivity contribution in [3.63, 3.8) is 0 Å². The number of aromatic nitrogens is 2. The summed E-state index contributed by atoms with van der Waals surface area (Å²) >= 11 is 1.80. The molecule has 0 saturated carbocycles. The lowest BCUT2D eigenvalue weighted by Crippen LogP contribution is -2.42. The highest BCUT2D eigenvalue weighted by Crippen LogP contribution is 2.39. The maximum absolute atomic E-state index is 10.9. The Bertz CT molecular complexity index is 1060. The Labute approximate surface area is 180 Å². The first-order chi connectivity index (χ1) is 14.7. The van der Waals surface area contributed by atoms with Crippen molar-refractivity contribution in [1.29, 1.82) is 0 Å². The summed E-state index contributed by atoms with van der Waals surface area (Å²) in [4.78, 5) is 12.2. The van der Waals surface area contributed by atoms with Crippen LogP contribution in [-0.2, 0) is 17.6 Å².